The van der Waals surface area contributed by atoms with E-state index < -0.39 is 32.5 Å². The van der Waals surface area contributed by atoms with Gasteiger partial charge in [0.1, 0.15) is 5.82 Å². The number of nitrogens with one attached hydrogen (secondary N) is 2. The van der Waals surface area contributed by atoms with Gasteiger partial charge in [-0.3, -0.25) is 0 Å². The Labute approximate surface area is 137 Å². The Hall–Kier alpha value is -1.16. The fourth-order valence-corrected chi connectivity index (χ4v) is 3.04. The summed E-state index contributed by atoms with van der Waals surface area (Å²) in [6.07, 6.45) is -2.36. The summed E-state index contributed by atoms with van der Waals surface area (Å²) >= 11 is 0. The summed E-state index contributed by atoms with van der Waals surface area (Å²) in [4.78, 5) is -0.535. The van der Waals surface area contributed by atoms with Crippen molar-refractivity contribution < 1.29 is 26.0 Å². The van der Waals surface area contributed by atoms with Gasteiger partial charge in [-0.2, -0.15) is 13.2 Å². The zero-order valence-electron chi connectivity index (χ0n) is 11.8. The molecule has 0 aromatic heterocycles. The van der Waals surface area contributed by atoms with Gasteiger partial charge in [-0.15, -0.1) is 12.4 Å². The van der Waals surface area contributed by atoms with Crippen molar-refractivity contribution in [1.82, 2.24) is 10.0 Å². The molecule has 130 valence electrons. The molecule has 0 bridgehead atoms. The average Bonchev–Trinajstić information content (AvgIpc) is 2.45. The highest BCUT2D eigenvalue weighted by molar-refractivity contribution is 7.89. The quantitative estimate of drug-likeness (QED) is 0.629. The predicted octanol–water partition coefficient (Wildman–Crippen LogP) is 2.46. The summed E-state index contributed by atoms with van der Waals surface area (Å²) < 4.78 is 77.0. The van der Waals surface area contributed by atoms with Crippen LogP contribution in [0.2, 0.25) is 0 Å². The third-order valence-corrected chi connectivity index (χ3v) is 4.60. The van der Waals surface area contributed by atoms with Crippen LogP contribution in [0.3, 0.4) is 0 Å². The van der Waals surface area contributed by atoms with Crippen LogP contribution >= 0.6 is 12.4 Å². The third-order valence-electron chi connectivity index (χ3n) is 3.20. The van der Waals surface area contributed by atoms with Crippen molar-refractivity contribution in [2.24, 2.45) is 0 Å². The molecule has 10 heteroatoms. The lowest BCUT2D eigenvalue weighted by atomic mass is 10.1. The van der Waals surface area contributed by atoms with Gasteiger partial charge in [0.2, 0.25) is 10.0 Å². The topological polar surface area (TPSA) is 58.2 Å². The second-order valence-corrected chi connectivity index (χ2v) is 6.55. The molecule has 1 aliphatic heterocycles. The molecule has 0 amide bonds. The van der Waals surface area contributed by atoms with Crippen LogP contribution in [0, 0.1) is 5.82 Å². The molecule has 2 rings (SSSR count). The summed E-state index contributed by atoms with van der Waals surface area (Å²) in [6.45, 7) is 1.40. The van der Waals surface area contributed by atoms with Gasteiger partial charge in [0, 0.05) is 13.1 Å². The molecule has 1 aromatic carbocycles. The maximum atomic E-state index is 13.4. The molecule has 0 aliphatic carbocycles. The van der Waals surface area contributed by atoms with Crippen molar-refractivity contribution in [3.63, 3.8) is 0 Å². The molecule has 0 saturated carbocycles. The molecule has 1 aliphatic rings. The molecule has 0 spiro atoms. The second kappa shape index (κ2) is 7.61. The lowest BCUT2D eigenvalue weighted by Crippen LogP contribution is -2.29. The van der Waals surface area contributed by atoms with E-state index >= 15 is 0 Å². The van der Waals surface area contributed by atoms with Crippen LogP contribution in [-0.4, -0.2) is 28.1 Å². The van der Waals surface area contributed by atoms with Gasteiger partial charge in [0.05, 0.1) is 10.5 Å². The second-order valence-electron chi connectivity index (χ2n) is 4.78. The van der Waals surface area contributed by atoms with E-state index in [4.69, 9.17) is 0 Å². The van der Waals surface area contributed by atoms with E-state index in [1.165, 1.54) is 0 Å². The Morgan fingerprint density at radius 3 is 2.48 bits per heavy atom. The van der Waals surface area contributed by atoms with E-state index in [-0.39, 0.29) is 19.0 Å². The first-order valence-electron chi connectivity index (χ1n) is 6.45. The predicted molar refractivity (Wildman–Crippen MR) is 79.4 cm³/mol. The fraction of sp³-hybridized carbons (Fsp3) is 0.385. The molecule has 0 radical (unpaired) electrons. The Morgan fingerprint density at radius 2 is 1.96 bits per heavy atom. The van der Waals surface area contributed by atoms with Gasteiger partial charge in [0.15, 0.2) is 0 Å². The van der Waals surface area contributed by atoms with Gasteiger partial charge in [-0.1, -0.05) is 11.6 Å². The molecular weight excluding hydrogens is 360 g/mol. The molecule has 0 unspecified atom stereocenters. The Morgan fingerprint density at radius 1 is 1.26 bits per heavy atom. The number of halogens is 5. The average molecular weight is 375 g/mol. The molecule has 0 saturated heterocycles. The minimum absolute atomic E-state index is 0. The van der Waals surface area contributed by atoms with Gasteiger partial charge < -0.3 is 5.32 Å². The zero-order chi connectivity index (χ0) is 16.4. The Bertz CT molecular complexity index is 690. The lowest BCUT2D eigenvalue weighted by Gasteiger charge is -2.15. The van der Waals surface area contributed by atoms with Crippen molar-refractivity contribution in [1.29, 1.82) is 0 Å². The zero-order valence-corrected chi connectivity index (χ0v) is 13.4. The van der Waals surface area contributed by atoms with Crippen LogP contribution in [0.25, 0.3) is 0 Å². The van der Waals surface area contributed by atoms with Crippen LogP contribution in [0.15, 0.2) is 34.7 Å². The molecule has 0 fully saturated rings. The number of hydrogen-bond donors (Lipinski definition) is 2. The summed E-state index contributed by atoms with van der Waals surface area (Å²) in [7, 11) is -4.06. The summed E-state index contributed by atoms with van der Waals surface area (Å²) in [5.74, 6) is -1.61. The first kappa shape index (κ1) is 19.9. The smallest absolute Gasteiger partial charge is 0.313 e. The maximum absolute atomic E-state index is 13.4. The van der Waals surface area contributed by atoms with E-state index in [1.807, 2.05) is 6.08 Å². The van der Waals surface area contributed by atoms with E-state index in [9.17, 15) is 26.0 Å². The van der Waals surface area contributed by atoms with Crippen LogP contribution in [0.1, 0.15) is 12.0 Å². The Kier molecular flexibility index (Phi) is 6.58. The molecule has 1 heterocycles. The normalized spacial score (nSPS) is 15.7. The highest BCUT2D eigenvalue weighted by atomic mass is 35.5. The fourth-order valence-electron chi connectivity index (χ4n) is 1.99. The maximum Gasteiger partial charge on any atom is 0.419 e. The number of alkyl halides is 3. The van der Waals surface area contributed by atoms with Crippen LogP contribution in [0.4, 0.5) is 17.6 Å². The molecule has 2 N–H and O–H groups in total. The highest BCUT2D eigenvalue weighted by Crippen LogP contribution is 2.32. The molecule has 4 nitrogen and oxygen atoms in total. The van der Waals surface area contributed by atoms with E-state index in [0.29, 0.717) is 25.1 Å². The number of hydrogen-bond acceptors (Lipinski definition) is 3. The number of benzene rings is 1. The van der Waals surface area contributed by atoms with E-state index in [2.05, 4.69) is 10.0 Å². The van der Waals surface area contributed by atoms with Gasteiger partial charge in [0.25, 0.3) is 0 Å². The summed E-state index contributed by atoms with van der Waals surface area (Å²) in [6, 6.07) is 1.54. The first-order chi connectivity index (χ1) is 10.2. The standard InChI is InChI=1S/C13H14F4N2O2S.ClH/c14-12-7-10(1-2-11(12)13(15,16)17)22(20,21)19-8-9-3-5-18-6-4-9;/h1-3,7,18-19H,4-6,8H2;1H. The summed E-state index contributed by atoms with van der Waals surface area (Å²) in [5, 5.41) is 3.06. The first-order valence-corrected chi connectivity index (χ1v) is 7.93. The molecule has 23 heavy (non-hydrogen) atoms. The minimum atomic E-state index is -4.86. The number of rotatable bonds is 4. The van der Waals surface area contributed by atoms with Crippen LogP contribution < -0.4 is 10.0 Å². The molecular formula is C13H15ClF4N2O2S. The Balaban J connectivity index is 0.00000264. The molecule has 1 aromatic rings. The lowest BCUT2D eigenvalue weighted by molar-refractivity contribution is -0.140. The number of sulfonamides is 1. The third kappa shape index (κ3) is 5.17. The van der Waals surface area contributed by atoms with Gasteiger partial charge in [-0.05, 0) is 31.2 Å². The molecule has 0 atom stereocenters. The van der Waals surface area contributed by atoms with Crippen molar-refractivity contribution in [3.8, 4) is 0 Å². The van der Waals surface area contributed by atoms with Crippen molar-refractivity contribution >= 4 is 22.4 Å². The van der Waals surface area contributed by atoms with E-state index in [0.717, 1.165) is 18.2 Å². The van der Waals surface area contributed by atoms with Crippen molar-refractivity contribution in [2.45, 2.75) is 17.5 Å². The minimum Gasteiger partial charge on any atom is -0.313 e. The highest BCUT2D eigenvalue weighted by Gasteiger charge is 2.34. The van der Waals surface area contributed by atoms with Gasteiger partial charge in [-0.25, -0.2) is 17.5 Å². The summed E-state index contributed by atoms with van der Waals surface area (Å²) in [5.41, 5.74) is -0.623. The largest absolute Gasteiger partial charge is 0.419 e. The van der Waals surface area contributed by atoms with Crippen LogP contribution in [-0.2, 0) is 16.2 Å². The van der Waals surface area contributed by atoms with Gasteiger partial charge >= 0.3 is 6.18 Å². The van der Waals surface area contributed by atoms with Crippen molar-refractivity contribution in [2.75, 3.05) is 19.6 Å². The van der Waals surface area contributed by atoms with E-state index in [1.54, 1.807) is 0 Å². The van der Waals surface area contributed by atoms with Crippen molar-refractivity contribution in [3.05, 3.63) is 41.2 Å². The monoisotopic (exact) mass is 374 g/mol. The SMILES string of the molecule is Cl.O=S(=O)(NCC1=CCNCC1)c1ccc(C(F)(F)F)c(F)c1. The van der Waals surface area contributed by atoms with Crippen LogP contribution in [0.5, 0.6) is 0 Å².